The zero-order valence-corrected chi connectivity index (χ0v) is 18.1. The van der Waals surface area contributed by atoms with Crippen molar-refractivity contribution in [1.82, 2.24) is 15.1 Å². The molecule has 2 amide bonds. The standard InChI is InChI=1S/C22H27N5O4/c1-15-7-6-8-16(2)21(15)23-19(28)13-26(3)20(29)14-31-22(30)17-9-10-18(25-24-17)27-11-4-5-12-27/h6-10H,4-5,11-14H2,1-3H3,(H,23,28). The molecular weight excluding hydrogens is 398 g/mol. The van der Waals surface area contributed by atoms with Gasteiger partial charge in [-0.3, -0.25) is 9.59 Å². The third kappa shape index (κ3) is 5.78. The first kappa shape index (κ1) is 22.2. The Kier molecular flexibility index (Phi) is 7.17. The molecule has 0 unspecified atom stereocenters. The van der Waals surface area contributed by atoms with E-state index >= 15 is 0 Å². The fourth-order valence-corrected chi connectivity index (χ4v) is 3.35. The van der Waals surface area contributed by atoms with E-state index < -0.39 is 18.5 Å². The lowest BCUT2D eigenvalue weighted by molar-refractivity contribution is -0.136. The van der Waals surface area contributed by atoms with Crippen LogP contribution in [0.5, 0.6) is 0 Å². The number of amides is 2. The lowest BCUT2D eigenvalue weighted by atomic mass is 10.1. The minimum absolute atomic E-state index is 0.0335. The van der Waals surface area contributed by atoms with Crippen LogP contribution in [0, 0.1) is 13.8 Å². The number of carbonyl (C=O) groups is 3. The van der Waals surface area contributed by atoms with Gasteiger partial charge < -0.3 is 19.9 Å². The van der Waals surface area contributed by atoms with E-state index in [9.17, 15) is 14.4 Å². The molecule has 0 bridgehead atoms. The number of carbonyl (C=O) groups excluding carboxylic acids is 3. The van der Waals surface area contributed by atoms with Crippen LogP contribution >= 0.6 is 0 Å². The normalized spacial score (nSPS) is 13.1. The molecule has 1 aliphatic heterocycles. The fourth-order valence-electron chi connectivity index (χ4n) is 3.35. The van der Waals surface area contributed by atoms with Crippen molar-refractivity contribution in [2.75, 3.05) is 43.5 Å². The highest BCUT2D eigenvalue weighted by Gasteiger charge is 2.19. The van der Waals surface area contributed by atoms with Gasteiger partial charge in [-0.15, -0.1) is 10.2 Å². The molecule has 0 radical (unpaired) electrons. The molecule has 0 atom stereocenters. The number of esters is 1. The number of aryl methyl sites for hydroxylation is 2. The summed E-state index contributed by atoms with van der Waals surface area (Å²) < 4.78 is 5.04. The van der Waals surface area contributed by atoms with Crippen molar-refractivity contribution in [2.24, 2.45) is 0 Å². The highest BCUT2D eigenvalue weighted by molar-refractivity contribution is 5.96. The maximum absolute atomic E-state index is 12.3. The number of anilines is 2. The predicted molar refractivity (Wildman–Crippen MR) is 116 cm³/mol. The van der Waals surface area contributed by atoms with Crippen molar-refractivity contribution >= 4 is 29.3 Å². The Labute approximate surface area is 181 Å². The predicted octanol–water partition coefficient (Wildman–Crippen LogP) is 1.95. The number of aromatic nitrogens is 2. The Morgan fingerprint density at radius 1 is 1.06 bits per heavy atom. The Morgan fingerprint density at radius 3 is 2.35 bits per heavy atom. The van der Waals surface area contributed by atoms with Gasteiger partial charge in [-0.1, -0.05) is 18.2 Å². The molecule has 9 nitrogen and oxygen atoms in total. The first-order valence-electron chi connectivity index (χ1n) is 10.2. The zero-order chi connectivity index (χ0) is 22.4. The lowest BCUT2D eigenvalue weighted by Crippen LogP contribution is -2.37. The minimum atomic E-state index is -0.734. The number of benzene rings is 1. The highest BCUT2D eigenvalue weighted by Crippen LogP contribution is 2.19. The second kappa shape index (κ2) is 10.0. The summed E-state index contributed by atoms with van der Waals surface area (Å²) in [6.07, 6.45) is 2.23. The van der Waals surface area contributed by atoms with Crippen LogP contribution in [0.25, 0.3) is 0 Å². The minimum Gasteiger partial charge on any atom is -0.451 e. The number of rotatable bonds is 7. The van der Waals surface area contributed by atoms with Gasteiger partial charge in [0, 0.05) is 25.8 Å². The average molecular weight is 425 g/mol. The summed E-state index contributed by atoms with van der Waals surface area (Å²) in [7, 11) is 1.48. The molecule has 0 saturated carbocycles. The summed E-state index contributed by atoms with van der Waals surface area (Å²) in [5.74, 6) is -0.837. The van der Waals surface area contributed by atoms with Crippen LogP contribution in [0.2, 0.25) is 0 Å². The second-order valence-corrected chi connectivity index (χ2v) is 7.61. The van der Waals surface area contributed by atoms with E-state index in [-0.39, 0.29) is 18.1 Å². The quantitative estimate of drug-likeness (QED) is 0.676. The van der Waals surface area contributed by atoms with Crippen molar-refractivity contribution in [3.63, 3.8) is 0 Å². The van der Waals surface area contributed by atoms with Crippen molar-refractivity contribution in [3.05, 3.63) is 47.2 Å². The third-order valence-corrected chi connectivity index (χ3v) is 5.17. The molecule has 1 fully saturated rings. The van der Waals surface area contributed by atoms with E-state index in [0.717, 1.165) is 48.6 Å². The Morgan fingerprint density at radius 2 is 1.74 bits per heavy atom. The summed E-state index contributed by atoms with van der Waals surface area (Å²) in [4.78, 5) is 40.0. The number of ether oxygens (including phenoxy) is 1. The molecule has 2 aromatic rings. The molecule has 9 heteroatoms. The molecule has 2 heterocycles. The number of nitrogens with one attached hydrogen (secondary N) is 1. The van der Waals surface area contributed by atoms with Gasteiger partial charge in [0.25, 0.3) is 5.91 Å². The second-order valence-electron chi connectivity index (χ2n) is 7.61. The van der Waals surface area contributed by atoms with Crippen LogP contribution in [0.1, 0.15) is 34.5 Å². The van der Waals surface area contributed by atoms with Gasteiger partial charge in [0.2, 0.25) is 5.91 Å². The lowest BCUT2D eigenvalue weighted by Gasteiger charge is -2.18. The van der Waals surface area contributed by atoms with E-state index in [2.05, 4.69) is 20.4 Å². The summed E-state index contributed by atoms with van der Waals surface area (Å²) in [6.45, 7) is 5.01. The fraction of sp³-hybridized carbons (Fsp3) is 0.409. The summed E-state index contributed by atoms with van der Waals surface area (Å²) >= 11 is 0. The molecule has 1 aromatic carbocycles. The van der Waals surface area contributed by atoms with Crippen LogP contribution in [0.4, 0.5) is 11.5 Å². The van der Waals surface area contributed by atoms with E-state index in [0.29, 0.717) is 0 Å². The molecule has 1 aliphatic rings. The summed E-state index contributed by atoms with van der Waals surface area (Å²) in [5, 5.41) is 10.8. The summed E-state index contributed by atoms with van der Waals surface area (Å²) in [5.41, 5.74) is 2.64. The van der Waals surface area contributed by atoms with Gasteiger partial charge in [0.15, 0.2) is 18.1 Å². The highest BCUT2D eigenvalue weighted by atomic mass is 16.5. The average Bonchev–Trinajstić information content (AvgIpc) is 3.29. The topological polar surface area (TPSA) is 105 Å². The van der Waals surface area contributed by atoms with Crippen molar-refractivity contribution in [2.45, 2.75) is 26.7 Å². The van der Waals surface area contributed by atoms with E-state index in [1.54, 1.807) is 6.07 Å². The van der Waals surface area contributed by atoms with Gasteiger partial charge in [-0.05, 0) is 49.9 Å². The molecule has 1 saturated heterocycles. The van der Waals surface area contributed by atoms with Gasteiger partial charge in [0.05, 0.1) is 6.54 Å². The smallest absolute Gasteiger partial charge is 0.359 e. The Balaban J connectivity index is 1.47. The molecule has 0 aliphatic carbocycles. The van der Waals surface area contributed by atoms with E-state index in [1.807, 2.05) is 32.0 Å². The third-order valence-electron chi connectivity index (χ3n) is 5.17. The summed E-state index contributed by atoms with van der Waals surface area (Å²) in [6, 6.07) is 8.97. The first-order valence-corrected chi connectivity index (χ1v) is 10.2. The molecule has 0 spiro atoms. The maximum atomic E-state index is 12.3. The number of nitrogens with zero attached hydrogens (tertiary/aromatic N) is 4. The number of hydrogen-bond acceptors (Lipinski definition) is 7. The molecule has 164 valence electrons. The van der Waals surface area contributed by atoms with E-state index in [4.69, 9.17) is 4.74 Å². The van der Waals surface area contributed by atoms with Crippen molar-refractivity contribution in [3.8, 4) is 0 Å². The zero-order valence-electron chi connectivity index (χ0n) is 18.1. The molecule has 3 rings (SSSR count). The largest absolute Gasteiger partial charge is 0.451 e. The van der Waals surface area contributed by atoms with Gasteiger partial charge in [-0.25, -0.2) is 4.79 Å². The van der Waals surface area contributed by atoms with Crippen LogP contribution in [-0.4, -0.2) is 66.2 Å². The van der Waals surface area contributed by atoms with Gasteiger partial charge >= 0.3 is 5.97 Å². The monoisotopic (exact) mass is 425 g/mol. The van der Waals surface area contributed by atoms with Gasteiger partial charge in [0.1, 0.15) is 0 Å². The Bertz CT molecular complexity index is 935. The van der Waals surface area contributed by atoms with Crippen LogP contribution < -0.4 is 10.2 Å². The Hall–Kier alpha value is -3.49. The number of likely N-dealkylation sites (N-methyl/N-ethyl adjacent to an activating group) is 1. The van der Waals surface area contributed by atoms with Crippen LogP contribution in [0.15, 0.2) is 30.3 Å². The number of hydrogen-bond donors (Lipinski definition) is 1. The molecular formula is C22H27N5O4. The van der Waals surface area contributed by atoms with Crippen LogP contribution in [0.3, 0.4) is 0 Å². The van der Waals surface area contributed by atoms with Crippen LogP contribution in [-0.2, 0) is 14.3 Å². The molecule has 1 aromatic heterocycles. The molecule has 1 N–H and O–H groups in total. The van der Waals surface area contributed by atoms with Crippen molar-refractivity contribution < 1.29 is 19.1 Å². The molecule has 31 heavy (non-hydrogen) atoms. The maximum Gasteiger partial charge on any atom is 0.359 e. The van der Waals surface area contributed by atoms with E-state index in [1.165, 1.54) is 18.0 Å². The first-order chi connectivity index (χ1) is 14.8. The SMILES string of the molecule is Cc1cccc(C)c1NC(=O)CN(C)C(=O)COC(=O)c1ccc(N2CCCC2)nn1. The number of para-hydroxylation sites is 1. The van der Waals surface area contributed by atoms with Crippen molar-refractivity contribution in [1.29, 1.82) is 0 Å². The van der Waals surface area contributed by atoms with Gasteiger partial charge in [-0.2, -0.15) is 0 Å².